The summed E-state index contributed by atoms with van der Waals surface area (Å²) in [6.45, 7) is 0. The molecule has 0 radical (unpaired) electrons. The number of amides is 1. The SMILES string of the molecule is CN(C(=O)/C=C/c1cccnc1)c1ccccc1C(=O)O. The number of carboxylic acids is 1. The number of benzene rings is 1. The number of rotatable bonds is 4. The number of para-hydroxylation sites is 1. The summed E-state index contributed by atoms with van der Waals surface area (Å²) < 4.78 is 0. The molecule has 0 atom stereocenters. The van der Waals surface area contributed by atoms with Crippen LogP contribution in [0.4, 0.5) is 5.69 Å². The Hall–Kier alpha value is -2.95. The Bertz CT molecular complexity index is 681. The zero-order valence-electron chi connectivity index (χ0n) is 11.4. The number of nitrogens with zero attached hydrogens (tertiary/aromatic N) is 2. The van der Waals surface area contributed by atoms with E-state index >= 15 is 0 Å². The van der Waals surface area contributed by atoms with Crippen LogP contribution in [0.15, 0.2) is 54.9 Å². The van der Waals surface area contributed by atoms with Crippen molar-refractivity contribution in [3.05, 3.63) is 66.0 Å². The Morgan fingerprint density at radius 2 is 1.95 bits per heavy atom. The second-order valence-corrected chi connectivity index (χ2v) is 4.34. The fraction of sp³-hybridized carbons (Fsp3) is 0.0625. The maximum atomic E-state index is 12.1. The Kier molecular flexibility index (Phi) is 4.46. The largest absolute Gasteiger partial charge is 0.478 e. The molecule has 0 saturated heterocycles. The lowest BCUT2D eigenvalue weighted by Crippen LogP contribution is -2.25. The van der Waals surface area contributed by atoms with Gasteiger partial charge in [-0.3, -0.25) is 9.78 Å². The topological polar surface area (TPSA) is 70.5 Å². The normalized spacial score (nSPS) is 10.5. The van der Waals surface area contributed by atoms with Crippen LogP contribution in [0, 0.1) is 0 Å². The number of aromatic nitrogens is 1. The standard InChI is InChI=1S/C16H14N2O3/c1-18(14-7-3-2-6-13(14)16(20)21)15(19)9-8-12-5-4-10-17-11-12/h2-11H,1H3,(H,20,21)/b9-8+. The molecule has 2 aromatic rings. The smallest absolute Gasteiger partial charge is 0.337 e. The van der Waals surface area contributed by atoms with E-state index < -0.39 is 5.97 Å². The van der Waals surface area contributed by atoms with E-state index in [4.69, 9.17) is 5.11 Å². The molecular weight excluding hydrogens is 268 g/mol. The predicted octanol–water partition coefficient (Wildman–Crippen LogP) is 2.46. The summed E-state index contributed by atoms with van der Waals surface area (Å²) in [6, 6.07) is 9.97. The summed E-state index contributed by atoms with van der Waals surface area (Å²) in [7, 11) is 1.54. The minimum atomic E-state index is -1.07. The van der Waals surface area contributed by atoms with Gasteiger partial charge in [0.05, 0.1) is 11.3 Å². The van der Waals surface area contributed by atoms with E-state index in [2.05, 4.69) is 4.98 Å². The third kappa shape index (κ3) is 3.54. The van der Waals surface area contributed by atoms with Crippen LogP contribution in [0.25, 0.3) is 6.08 Å². The highest BCUT2D eigenvalue weighted by molar-refractivity contribution is 6.07. The van der Waals surface area contributed by atoms with Gasteiger partial charge in [0, 0.05) is 25.5 Å². The Morgan fingerprint density at radius 1 is 1.19 bits per heavy atom. The highest BCUT2D eigenvalue weighted by Crippen LogP contribution is 2.19. The van der Waals surface area contributed by atoms with Crippen molar-refractivity contribution in [2.75, 3.05) is 11.9 Å². The van der Waals surface area contributed by atoms with E-state index in [1.54, 1.807) is 42.7 Å². The van der Waals surface area contributed by atoms with Crippen LogP contribution >= 0.6 is 0 Å². The van der Waals surface area contributed by atoms with E-state index in [0.717, 1.165) is 5.56 Å². The molecule has 0 aliphatic heterocycles. The summed E-state index contributed by atoms with van der Waals surface area (Å²) in [4.78, 5) is 28.5. The number of hydrogen-bond donors (Lipinski definition) is 1. The van der Waals surface area contributed by atoms with E-state index in [1.165, 1.54) is 24.1 Å². The first-order valence-corrected chi connectivity index (χ1v) is 6.27. The van der Waals surface area contributed by atoms with Gasteiger partial charge in [0.25, 0.3) is 5.91 Å². The molecule has 0 saturated carbocycles. The van der Waals surface area contributed by atoms with Crippen molar-refractivity contribution in [2.45, 2.75) is 0 Å². The highest BCUT2D eigenvalue weighted by Gasteiger charge is 2.15. The number of likely N-dealkylation sites (N-methyl/N-ethyl adjacent to an activating group) is 1. The molecule has 21 heavy (non-hydrogen) atoms. The minimum Gasteiger partial charge on any atom is -0.478 e. The van der Waals surface area contributed by atoms with Crippen LogP contribution in [0.5, 0.6) is 0 Å². The summed E-state index contributed by atoms with van der Waals surface area (Å²) in [6.07, 6.45) is 6.30. The van der Waals surface area contributed by atoms with E-state index in [-0.39, 0.29) is 11.5 Å². The van der Waals surface area contributed by atoms with Crippen molar-refractivity contribution >= 4 is 23.6 Å². The van der Waals surface area contributed by atoms with Crippen LogP contribution in [0.3, 0.4) is 0 Å². The van der Waals surface area contributed by atoms with E-state index in [0.29, 0.717) is 5.69 Å². The molecule has 1 heterocycles. The average Bonchev–Trinajstić information content (AvgIpc) is 2.52. The number of hydrogen-bond acceptors (Lipinski definition) is 3. The lowest BCUT2D eigenvalue weighted by Gasteiger charge is -2.17. The van der Waals surface area contributed by atoms with Crippen molar-refractivity contribution in [3.8, 4) is 0 Å². The summed E-state index contributed by atoms with van der Waals surface area (Å²) in [5.74, 6) is -1.38. The molecule has 1 N–H and O–H groups in total. The number of pyridine rings is 1. The third-order valence-corrected chi connectivity index (χ3v) is 2.93. The van der Waals surface area contributed by atoms with Gasteiger partial charge >= 0.3 is 5.97 Å². The molecule has 0 aliphatic rings. The molecule has 1 aromatic carbocycles. The number of carboxylic acid groups (broad SMARTS) is 1. The second-order valence-electron chi connectivity index (χ2n) is 4.34. The van der Waals surface area contributed by atoms with E-state index in [1.807, 2.05) is 6.07 Å². The van der Waals surface area contributed by atoms with Gasteiger partial charge < -0.3 is 10.0 Å². The molecule has 5 nitrogen and oxygen atoms in total. The van der Waals surface area contributed by atoms with Crippen molar-refractivity contribution in [3.63, 3.8) is 0 Å². The van der Waals surface area contributed by atoms with Crippen molar-refractivity contribution in [1.82, 2.24) is 4.98 Å². The van der Waals surface area contributed by atoms with Gasteiger partial charge in [-0.05, 0) is 29.8 Å². The van der Waals surface area contributed by atoms with E-state index in [9.17, 15) is 9.59 Å². The van der Waals surface area contributed by atoms with Gasteiger partial charge in [-0.25, -0.2) is 4.79 Å². The molecule has 1 aromatic heterocycles. The van der Waals surface area contributed by atoms with Crippen LogP contribution < -0.4 is 4.90 Å². The molecule has 106 valence electrons. The quantitative estimate of drug-likeness (QED) is 0.874. The van der Waals surface area contributed by atoms with Gasteiger partial charge in [-0.2, -0.15) is 0 Å². The Labute approximate surface area is 122 Å². The number of carbonyl (C=O) groups is 2. The molecule has 0 aliphatic carbocycles. The zero-order valence-corrected chi connectivity index (χ0v) is 11.4. The molecule has 2 rings (SSSR count). The molecule has 0 bridgehead atoms. The number of carbonyl (C=O) groups excluding carboxylic acids is 1. The molecule has 0 fully saturated rings. The van der Waals surface area contributed by atoms with Crippen molar-refractivity contribution in [2.24, 2.45) is 0 Å². The maximum absolute atomic E-state index is 12.1. The molecule has 5 heteroatoms. The summed E-state index contributed by atoms with van der Waals surface area (Å²) in [5.41, 5.74) is 1.24. The lowest BCUT2D eigenvalue weighted by atomic mass is 10.1. The molecule has 0 spiro atoms. The third-order valence-electron chi connectivity index (χ3n) is 2.93. The lowest BCUT2D eigenvalue weighted by molar-refractivity contribution is -0.113. The molecule has 0 unspecified atom stereocenters. The predicted molar refractivity (Wildman–Crippen MR) is 80.1 cm³/mol. The summed E-state index contributed by atoms with van der Waals surface area (Å²) in [5, 5.41) is 9.14. The van der Waals surface area contributed by atoms with Crippen LogP contribution in [0.2, 0.25) is 0 Å². The maximum Gasteiger partial charge on any atom is 0.337 e. The number of aromatic carboxylic acids is 1. The van der Waals surface area contributed by atoms with Gasteiger partial charge in [-0.15, -0.1) is 0 Å². The Morgan fingerprint density at radius 3 is 2.62 bits per heavy atom. The zero-order chi connectivity index (χ0) is 15.2. The monoisotopic (exact) mass is 282 g/mol. The van der Waals surface area contributed by atoms with Crippen LogP contribution in [-0.4, -0.2) is 29.0 Å². The van der Waals surface area contributed by atoms with Crippen LogP contribution in [-0.2, 0) is 4.79 Å². The number of anilines is 1. The van der Waals surface area contributed by atoms with Crippen molar-refractivity contribution < 1.29 is 14.7 Å². The highest BCUT2D eigenvalue weighted by atomic mass is 16.4. The Balaban J connectivity index is 2.20. The fourth-order valence-electron chi connectivity index (χ4n) is 1.82. The first kappa shape index (κ1) is 14.5. The van der Waals surface area contributed by atoms with Gasteiger partial charge in [0.2, 0.25) is 0 Å². The molecule has 1 amide bonds. The van der Waals surface area contributed by atoms with Gasteiger partial charge in [-0.1, -0.05) is 18.2 Å². The first-order chi connectivity index (χ1) is 10.1. The summed E-state index contributed by atoms with van der Waals surface area (Å²) >= 11 is 0. The van der Waals surface area contributed by atoms with Crippen LogP contribution in [0.1, 0.15) is 15.9 Å². The minimum absolute atomic E-state index is 0.0862. The van der Waals surface area contributed by atoms with Crippen molar-refractivity contribution in [1.29, 1.82) is 0 Å². The first-order valence-electron chi connectivity index (χ1n) is 6.27. The fourth-order valence-corrected chi connectivity index (χ4v) is 1.82. The average molecular weight is 282 g/mol. The van der Waals surface area contributed by atoms with Gasteiger partial charge in [0.15, 0.2) is 0 Å². The molecular formula is C16H14N2O3. The van der Waals surface area contributed by atoms with Gasteiger partial charge in [0.1, 0.15) is 0 Å². The second kappa shape index (κ2) is 6.47.